The first-order valence-corrected chi connectivity index (χ1v) is 7.28. The van der Waals surface area contributed by atoms with Gasteiger partial charge in [0.1, 0.15) is 4.90 Å². The smallest absolute Gasteiger partial charge is 0.358 e. The van der Waals surface area contributed by atoms with Crippen molar-refractivity contribution < 1.29 is 13.3 Å². The van der Waals surface area contributed by atoms with E-state index in [9.17, 15) is 18.5 Å². The van der Waals surface area contributed by atoms with E-state index in [1.54, 1.807) is 0 Å². The van der Waals surface area contributed by atoms with Crippen LogP contribution < -0.4 is 10.0 Å². The molecule has 2 rings (SSSR count). The van der Waals surface area contributed by atoms with E-state index in [0.717, 1.165) is 31.8 Å². The van der Waals surface area contributed by atoms with Crippen molar-refractivity contribution in [3.63, 3.8) is 0 Å². The van der Waals surface area contributed by atoms with Crippen LogP contribution >= 0.6 is 0 Å². The lowest BCUT2D eigenvalue weighted by Crippen LogP contribution is -2.30. The number of pyridine rings is 1. The molecule has 1 unspecified atom stereocenters. The molecule has 1 fully saturated rings. The largest absolute Gasteiger partial charge is 0.363 e. The molecule has 1 aromatic heterocycles. The lowest BCUT2D eigenvalue weighted by molar-refractivity contribution is -0.389. The van der Waals surface area contributed by atoms with Crippen LogP contribution in [0.1, 0.15) is 6.42 Å². The molecule has 2 N–H and O–H groups in total. The van der Waals surface area contributed by atoms with Crippen molar-refractivity contribution >= 4 is 15.8 Å². The third kappa shape index (κ3) is 3.46. The molecule has 0 aliphatic carbocycles. The first-order valence-electron chi connectivity index (χ1n) is 5.80. The van der Waals surface area contributed by atoms with Gasteiger partial charge in [-0.1, -0.05) is 0 Å². The summed E-state index contributed by atoms with van der Waals surface area (Å²) >= 11 is 0. The minimum absolute atomic E-state index is 0.0657. The highest BCUT2D eigenvalue weighted by Gasteiger charge is 2.21. The van der Waals surface area contributed by atoms with Gasteiger partial charge in [-0.25, -0.2) is 13.1 Å². The molecular weight excluding hydrogens is 272 g/mol. The molecule has 0 radical (unpaired) electrons. The van der Waals surface area contributed by atoms with E-state index in [2.05, 4.69) is 15.0 Å². The quantitative estimate of drug-likeness (QED) is 0.576. The highest BCUT2D eigenvalue weighted by atomic mass is 32.2. The molecule has 1 aromatic rings. The number of hydrogen-bond acceptors (Lipinski definition) is 6. The van der Waals surface area contributed by atoms with E-state index in [-0.39, 0.29) is 16.6 Å². The Hall–Kier alpha value is -1.58. The number of sulfonamides is 1. The summed E-state index contributed by atoms with van der Waals surface area (Å²) in [4.78, 5) is 13.2. The number of nitrogens with one attached hydrogen (secondary N) is 2. The first-order chi connectivity index (χ1) is 8.99. The maximum absolute atomic E-state index is 11.9. The normalized spacial score (nSPS) is 19.5. The van der Waals surface area contributed by atoms with E-state index in [4.69, 9.17) is 0 Å². The summed E-state index contributed by atoms with van der Waals surface area (Å²) in [6.45, 7) is 2.04. The summed E-state index contributed by atoms with van der Waals surface area (Å²) in [6, 6.07) is 2.26. The molecule has 19 heavy (non-hydrogen) atoms. The Morgan fingerprint density at radius 1 is 1.53 bits per heavy atom. The molecule has 1 atom stereocenters. The predicted octanol–water partition coefficient (Wildman–Crippen LogP) is -0.122. The van der Waals surface area contributed by atoms with Gasteiger partial charge < -0.3 is 15.4 Å². The predicted molar refractivity (Wildman–Crippen MR) is 67.1 cm³/mol. The van der Waals surface area contributed by atoms with Crippen LogP contribution in [0.25, 0.3) is 0 Å². The van der Waals surface area contributed by atoms with Gasteiger partial charge in [0.2, 0.25) is 10.0 Å². The van der Waals surface area contributed by atoms with Crippen LogP contribution in [-0.4, -0.2) is 38.0 Å². The fourth-order valence-corrected chi connectivity index (χ4v) is 2.90. The van der Waals surface area contributed by atoms with Crippen LogP contribution in [0.15, 0.2) is 23.2 Å². The maximum atomic E-state index is 11.9. The maximum Gasteiger partial charge on any atom is 0.363 e. The fourth-order valence-electron chi connectivity index (χ4n) is 1.84. The molecule has 0 saturated carbocycles. The molecule has 1 aliphatic rings. The van der Waals surface area contributed by atoms with Crippen molar-refractivity contribution in [2.24, 2.45) is 5.92 Å². The Kier molecular flexibility index (Phi) is 4.08. The third-order valence-electron chi connectivity index (χ3n) is 2.94. The number of rotatable bonds is 5. The van der Waals surface area contributed by atoms with Crippen molar-refractivity contribution in [3.05, 3.63) is 28.4 Å². The van der Waals surface area contributed by atoms with E-state index >= 15 is 0 Å². The van der Waals surface area contributed by atoms with Gasteiger partial charge in [0.15, 0.2) is 6.20 Å². The molecule has 0 amide bonds. The zero-order valence-electron chi connectivity index (χ0n) is 10.1. The van der Waals surface area contributed by atoms with E-state index in [1.807, 2.05) is 0 Å². The summed E-state index contributed by atoms with van der Waals surface area (Å²) in [7, 11) is -3.65. The second kappa shape index (κ2) is 5.59. The van der Waals surface area contributed by atoms with Gasteiger partial charge in [0.05, 0.1) is 0 Å². The van der Waals surface area contributed by atoms with Crippen molar-refractivity contribution in [3.8, 4) is 0 Å². The van der Waals surface area contributed by atoms with Crippen LogP contribution in [0.2, 0.25) is 0 Å². The summed E-state index contributed by atoms with van der Waals surface area (Å²) in [5, 5.41) is 13.6. The van der Waals surface area contributed by atoms with Gasteiger partial charge >= 0.3 is 5.82 Å². The van der Waals surface area contributed by atoms with E-state index in [0.29, 0.717) is 6.54 Å². The van der Waals surface area contributed by atoms with Crippen molar-refractivity contribution in [1.82, 2.24) is 15.0 Å². The van der Waals surface area contributed by atoms with E-state index < -0.39 is 14.9 Å². The lowest BCUT2D eigenvalue weighted by Gasteiger charge is -2.09. The summed E-state index contributed by atoms with van der Waals surface area (Å²) in [6.07, 6.45) is 1.92. The second-order valence-electron chi connectivity index (χ2n) is 4.32. The van der Waals surface area contributed by atoms with Crippen molar-refractivity contribution in [2.45, 2.75) is 11.3 Å². The SMILES string of the molecule is O=[N+]([O-])c1ccc(S(=O)(=O)NCC2CCNC2)cn1. The number of hydrogen-bond donors (Lipinski definition) is 2. The zero-order valence-corrected chi connectivity index (χ0v) is 10.9. The fraction of sp³-hybridized carbons (Fsp3) is 0.500. The molecule has 1 saturated heterocycles. The van der Waals surface area contributed by atoms with Crippen LogP contribution in [-0.2, 0) is 10.0 Å². The third-order valence-corrected chi connectivity index (χ3v) is 4.35. The van der Waals surface area contributed by atoms with Crippen LogP contribution in [0.3, 0.4) is 0 Å². The van der Waals surface area contributed by atoms with E-state index in [1.165, 1.54) is 6.07 Å². The van der Waals surface area contributed by atoms with Gasteiger partial charge in [0, 0.05) is 12.6 Å². The average molecular weight is 286 g/mol. The highest BCUT2D eigenvalue weighted by Crippen LogP contribution is 2.13. The molecular formula is C10H14N4O4S. The summed E-state index contributed by atoms with van der Waals surface area (Å²) in [5.74, 6) is -0.0975. The van der Waals surface area contributed by atoms with Crippen LogP contribution in [0, 0.1) is 16.0 Å². The monoisotopic (exact) mass is 286 g/mol. The second-order valence-corrected chi connectivity index (χ2v) is 6.09. The number of aromatic nitrogens is 1. The topological polar surface area (TPSA) is 114 Å². The van der Waals surface area contributed by atoms with Crippen molar-refractivity contribution in [1.29, 1.82) is 0 Å². The Bertz CT molecular complexity index is 551. The first kappa shape index (κ1) is 13.8. The molecule has 0 bridgehead atoms. The number of nitrogens with zero attached hydrogens (tertiary/aromatic N) is 2. The molecule has 9 heteroatoms. The Morgan fingerprint density at radius 3 is 2.84 bits per heavy atom. The van der Waals surface area contributed by atoms with Crippen molar-refractivity contribution in [2.75, 3.05) is 19.6 Å². The Labute approximate surface area is 110 Å². The average Bonchev–Trinajstić information content (AvgIpc) is 2.90. The molecule has 2 heterocycles. The minimum atomic E-state index is -3.65. The van der Waals surface area contributed by atoms with Gasteiger partial charge in [-0.3, -0.25) is 0 Å². The number of nitro groups is 1. The Morgan fingerprint density at radius 2 is 2.32 bits per heavy atom. The summed E-state index contributed by atoms with van der Waals surface area (Å²) in [5.41, 5.74) is 0. The molecule has 0 spiro atoms. The van der Waals surface area contributed by atoms with Crippen LogP contribution in [0.5, 0.6) is 0 Å². The molecule has 0 aromatic carbocycles. The summed E-state index contributed by atoms with van der Waals surface area (Å²) < 4.78 is 26.3. The van der Waals surface area contributed by atoms with Gasteiger partial charge in [-0.05, 0) is 41.4 Å². The van der Waals surface area contributed by atoms with Gasteiger partial charge in [-0.15, -0.1) is 0 Å². The molecule has 8 nitrogen and oxygen atoms in total. The minimum Gasteiger partial charge on any atom is -0.358 e. The molecule has 104 valence electrons. The standard InChI is InChI=1S/C10H14N4O4S/c15-14(16)10-2-1-9(7-12-10)19(17,18)13-6-8-3-4-11-5-8/h1-2,7-8,11,13H,3-6H2. The van der Waals surface area contributed by atoms with Gasteiger partial charge in [-0.2, -0.15) is 0 Å². The molecule has 1 aliphatic heterocycles. The van der Waals surface area contributed by atoms with Crippen LogP contribution in [0.4, 0.5) is 5.82 Å². The highest BCUT2D eigenvalue weighted by molar-refractivity contribution is 7.89. The Balaban J connectivity index is 2.03. The lowest BCUT2D eigenvalue weighted by atomic mass is 10.1. The zero-order chi connectivity index (χ0) is 13.9. The van der Waals surface area contributed by atoms with Gasteiger partial charge in [0.25, 0.3) is 0 Å².